The van der Waals surface area contributed by atoms with Crippen molar-refractivity contribution < 1.29 is 70.9 Å². The summed E-state index contributed by atoms with van der Waals surface area (Å²) in [6, 6.07) is 3.25. The minimum Gasteiger partial charge on any atom is -0.497 e. The maximum Gasteiger partial charge on any atom is 0.460 e. The maximum atomic E-state index is 14.0. The van der Waals surface area contributed by atoms with E-state index in [1.54, 1.807) is 0 Å². The highest BCUT2D eigenvalue weighted by molar-refractivity contribution is 5.29. The Kier molecular flexibility index (Phi) is 7.66. The van der Waals surface area contributed by atoms with E-state index in [1.807, 2.05) is 0 Å². The lowest BCUT2D eigenvalue weighted by Crippen LogP contribution is -2.66. The van der Waals surface area contributed by atoms with Gasteiger partial charge in [0.15, 0.2) is 0 Å². The van der Waals surface area contributed by atoms with E-state index in [4.69, 9.17) is 0 Å². The van der Waals surface area contributed by atoms with Gasteiger partial charge in [0.2, 0.25) is 0 Å². The molecule has 1 atom stereocenters. The molecule has 0 bridgehead atoms. The lowest BCUT2D eigenvalue weighted by Gasteiger charge is -2.38. The molecule has 1 unspecified atom stereocenters. The molecule has 1 aromatic carbocycles. The first kappa shape index (κ1) is 28.0. The van der Waals surface area contributed by atoms with Crippen LogP contribution >= 0.6 is 0 Å². The summed E-state index contributed by atoms with van der Waals surface area (Å²) >= 11 is 0. The number of halogens is 14. The predicted octanol–water partition coefficient (Wildman–Crippen LogP) is 6.81. The molecule has 0 aliphatic carbocycles. The number of benzene rings is 1. The van der Waals surface area contributed by atoms with Crippen molar-refractivity contribution in [1.29, 1.82) is 0 Å². The second-order valence-corrected chi connectivity index (χ2v) is 6.32. The minimum atomic E-state index is -7.67. The van der Waals surface area contributed by atoms with Gasteiger partial charge in [-0.3, -0.25) is 0 Å². The molecule has 0 aromatic heterocycles. The Hall–Kier alpha value is -2.00. The zero-order chi connectivity index (χ0) is 25.4. The van der Waals surface area contributed by atoms with E-state index in [0.29, 0.717) is 12.1 Å². The van der Waals surface area contributed by atoms with Crippen LogP contribution in [0.15, 0.2) is 24.3 Å². The molecule has 0 N–H and O–H groups in total. The molecule has 0 saturated heterocycles. The van der Waals surface area contributed by atoms with Crippen LogP contribution in [0.2, 0.25) is 0 Å². The van der Waals surface area contributed by atoms with E-state index in [1.165, 1.54) is 0 Å². The summed E-state index contributed by atoms with van der Waals surface area (Å²) in [5.41, 5.74) is -0.739. The van der Waals surface area contributed by atoms with E-state index >= 15 is 0 Å². The van der Waals surface area contributed by atoms with Crippen molar-refractivity contribution in [2.45, 2.75) is 48.6 Å². The average molecular weight is 502 g/mol. The number of alkyl halides is 14. The molecule has 32 heavy (non-hydrogen) atoms. The van der Waals surface area contributed by atoms with E-state index in [9.17, 15) is 61.5 Å². The smallest absolute Gasteiger partial charge is 0.460 e. The van der Waals surface area contributed by atoms with Crippen LogP contribution < -0.4 is 4.74 Å². The normalized spacial score (nSPS) is 15.6. The third-order valence-electron chi connectivity index (χ3n) is 3.98. The Labute approximate surface area is 170 Å². The number of hydrogen-bond acceptors (Lipinski definition) is 2. The van der Waals surface area contributed by atoms with Gasteiger partial charge in [-0.15, -0.1) is 0 Å². The van der Waals surface area contributed by atoms with Crippen molar-refractivity contribution in [1.82, 2.24) is 0 Å². The average Bonchev–Trinajstić information content (AvgIpc) is 2.63. The topological polar surface area (TPSA) is 18.5 Å². The molecule has 0 aliphatic rings. The van der Waals surface area contributed by atoms with Crippen LogP contribution in [0.3, 0.4) is 0 Å². The van der Waals surface area contributed by atoms with Crippen LogP contribution in [0.5, 0.6) is 5.75 Å². The minimum absolute atomic E-state index is 0.0169. The second-order valence-electron chi connectivity index (χ2n) is 6.32. The molecular weight excluding hydrogens is 490 g/mol. The second kappa shape index (κ2) is 8.74. The van der Waals surface area contributed by atoms with Crippen LogP contribution in [0.1, 0.15) is 18.1 Å². The van der Waals surface area contributed by atoms with E-state index in [2.05, 4.69) is 9.47 Å². The summed E-state index contributed by atoms with van der Waals surface area (Å²) in [6.07, 6.45) is -18.1. The van der Waals surface area contributed by atoms with Gasteiger partial charge in [-0.25, -0.2) is 0 Å². The Morgan fingerprint density at radius 2 is 1.16 bits per heavy atom. The molecule has 0 aliphatic heterocycles. The molecule has 0 heterocycles. The van der Waals surface area contributed by atoms with Crippen LogP contribution in [-0.4, -0.2) is 49.8 Å². The first-order chi connectivity index (χ1) is 14.1. The van der Waals surface area contributed by atoms with Crippen molar-refractivity contribution in [3.63, 3.8) is 0 Å². The van der Waals surface area contributed by atoms with Crippen LogP contribution in [0.25, 0.3) is 0 Å². The first-order valence-electron chi connectivity index (χ1n) is 8.01. The lowest BCUT2D eigenvalue weighted by atomic mass is 9.92. The zero-order valence-corrected chi connectivity index (χ0v) is 15.4. The van der Waals surface area contributed by atoms with Gasteiger partial charge in [-0.1, -0.05) is 12.1 Å². The van der Waals surface area contributed by atoms with E-state index < -0.39 is 60.7 Å². The summed E-state index contributed by atoms with van der Waals surface area (Å²) in [4.78, 5) is 0. The lowest BCUT2D eigenvalue weighted by molar-refractivity contribution is -0.423. The third kappa shape index (κ3) is 5.49. The van der Waals surface area contributed by atoms with Gasteiger partial charge >= 0.3 is 36.0 Å². The monoisotopic (exact) mass is 502 g/mol. The highest BCUT2D eigenvalue weighted by Gasteiger charge is 2.87. The predicted molar refractivity (Wildman–Crippen MR) is 78.2 cm³/mol. The van der Waals surface area contributed by atoms with Crippen molar-refractivity contribution in [3.8, 4) is 5.75 Å². The first-order valence-corrected chi connectivity index (χ1v) is 8.01. The fourth-order valence-electron chi connectivity index (χ4n) is 2.25. The van der Waals surface area contributed by atoms with E-state index in [0.717, 1.165) is 19.2 Å². The Morgan fingerprint density at radius 1 is 0.688 bits per heavy atom. The Morgan fingerprint density at radius 3 is 1.53 bits per heavy atom. The van der Waals surface area contributed by atoms with Crippen molar-refractivity contribution in [2.24, 2.45) is 0 Å². The summed E-state index contributed by atoms with van der Waals surface area (Å²) < 4.78 is 190. The quantitative estimate of drug-likeness (QED) is 0.346. The third-order valence-corrected chi connectivity index (χ3v) is 3.98. The molecule has 1 aromatic rings. The Bertz CT molecular complexity index is 751. The molecule has 2 nitrogen and oxygen atoms in total. The van der Waals surface area contributed by atoms with Crippen molar-refractivity contribution in [2.75, 3.05) is 13.7 Å². The summed E-state index contributed by atoms with van der Waals surface area (Å²) in [7, 11) is 1.10. The molecule has 0 amide bonds. The molecule has 0 radical (unpaired) electrons. The van der Waals surface area contributed by atoms with Gasteiger partial charge in [-0.05, 0) is 17.7 Å². The number of methoxy groups -OCH3 is 1. The molecule has 0 fully saturated rings. The maximum absolute atomic E-state index is 14.0. The van der Waals surface area contributed by atoms with Crippen LogP contribution in [0.4, 0.5) is 61.5 Å². The fourth-order valence-corrected chi connectivity index (χ4v) is 2.25. The van der Waals surface area contributed by atoms with Gasteiger partial charge in [-0.2, -0.15) is 61.5 Å². The van der Waals surface area contributed by atoms with Crippen molar-refractivity contribution in [3.05, 3.63) is 29.8 Å². The number of rotatable bonds is 9. The zero-order valence-electron chi connectivity index (χ0n) is 15.4. The molecule has 16 heteroatoms. The SMILES string of the molecule is COc1ccc(C(CC(F)(F)C(F)(F)C(F)(F)C(F)(F)C(F)(F)F)OCC(F)(F)F)cc1. The Balaban J connectivity index is 3.38. The standard InChI is InChI=1S/C16H12F14O2/c1-31-9-4-2-8(3-5-9)10(32-7-12(19,20)21)6-11(17,18)13(22,23)14(24,25)15(26,27)16(28,29)30/h2-5,10H,6-7H2,1H3. The van der Waals surface area contributed by atoms with Gasteiger partial charge < -0.3 is 9.47 Å². The molecule has 186 valence electrons. The fraction of sp³-hybridized carbons (Fsp3) is 0.625. The summed E-state index contributed by atoms with van der Waals surface area (Å²) in [5.74, 6) is -29.0. The van der Waals surface area contributed by atoms with Crippen molar-refractivity contribution >= 4 is 0 Å². The molecular formula is C16H12F14O2. The van der Waals surface area contributed by atoms with Gasteiger partial charge in [0.05, 0.1) is 13.2 Å². The number of ether oxygens (including phenoxy) is 2. The largest absolute Gasteiger partial charge is 0.497 e. The molecule has 1 rings (SSSR count). The van der Waals surface area contributed by atoms with E-state index in [-0.39, 0.29) is 5.75 Å². The van der Waals surface area contributed by atoms with Gasteiger partial charge in [0.25, 0.3) is 0 Å². The van der Waals surface area contributed by atoms with Gasteiger partial charge in [0.1, 0.15) is 12.4 Å². The van der Waals surface area contributed by atoms with Gasteiger partial charge in [0, 0.05) is 6.42 Å². The summed E-state index contributed by atoms with van der Waals surface area (Å²) in [5, 5.41) is 0. The molecule has 0 saturated carbocycles. The van der Waals surface area contributed by atoms with Crippen LogP contribution in [-0.2, 0) is 4.74 Å². The number of hydrogen-bond donors (Lipinski definition) is 0. The molecule has 0 spiro atoms. The highest BCUT2D eigenvalue weighted by Crippen LogP contribution is 2.58. The highest BCUT2D eigenvalue weighted by atomic mass is 19.4. The summed E-state index contributed by atoms with van der Waals surface area (Å²) in [6.45, 7) is -2.36. The van der Waals surface area contributed by atoms with Crippen LogP contribution in [0, 0.1) is 0 Å².